The molecule has 7 heteroatoms. The molecule has 1 aliphatic heterocycles. The molecule has 0 atom stereocenters. The largest absolute Gasteiger partial charge is 0.493 e. The van der Waals surface area contributed by atoms with Gasteiger partial charge in [-0.3, -0.25) is 9.88 Å². The maximum Gasteiger partial charge on any atom is 0.220 e. The Balaban J connectivity index is 1.53. The molecule has 7 nitrogen and oxygen atoms in total. The highest BCUT2D eigenvalue weighted by molar-refractivity contribution is 6.05. The number of aromatic nitrogens is 1. The number of aliphatic imine (C=N–C) groups is 2. The summed E-state index contributed by atoms with van der Waals surface area (Å²) in [5.41, 5.74) is 13.7. The molecule has 1 fully saturated rings. The predicted octanol–water partition coefficient (Wildman–Crippen LogP) is 2.81. The summed E-state index contributed by atoms with van der Waals surface area (Å²) in [7, 11) is 0. The van der Waals surface area contributed by atoms with Crippen LogP contribution in [-0.2, 0) is 6.42 Å². The summed E-state index contributed by atoms with van der Waals surface area (Å²) in [6.07, 6.45) is 7.77. The number of pyridine rings is 1. The van der Waals surface area contributed by atoms with Crippen molar-refractivity contribution < 1.29 is 4.74 Å². The van der Waals surface area contributed by atoms with Gasteiger partial charge in [0.2, 0.25) is 11.9 Å². The molecule has 2 aliphatic rings. The van der Waals surface area contributed by atoms with E-state index in [4.69, 9.17) is 21.2 Å². The summed E-state index contributed by atoms with van der Waals surface area (Å²) in [6, 6.07) is 13.8. The number of rotatable bonds is 5. The molecule has 28 heavy (non-hydrogen) atoms. The summed E-state index contributed by atoms with van der Waals surface area (Å²) < 4.78 is 5.97. The normalized spacial score (nSPS) is 18.5. The van der Waals surface area contributed by atoms with Crippen molar-refractivity contribution in [1.82, 2.24) is 4.98 Å². The van der Waals surface area contributed by atoms with Crippen LogP contribution in [0.1, 0.15) is 37.8 Å². The first-order chi connectivity index (χ1) is 13.7. The summed E-state index contributed by atoms with van der Waals surface area (Å²) in [4.78, 5) is 15.3. The van der Waals surface area contributed by atoms with Crippen LogP contribution in [0.15, 0.2) is 58.6 Å². The zero-order valence-corrected chi connectivity index (χ0v) is 15.9. The number of ether oxygens (including phenoxy) is 1. The third-order valence-electron chi connectivity index (χ3n) is 5.28. The van der Waals surface area contributed by atoms with Gasteiger partial charge in [-0.25, -0.2) is 4.99 Å². The summed E-state index contributed by atoms with van der Waals surface area (Å²) in [6.45, 7) is 0.556. The van der Waals surface area contributed by atoms with E-state index in [1.54, 1.807) is 6.20 Å². The lowest BCUT2D eigenvalue weighted by molar-refractivity contribution is 0.304. The standard InChI is InChI=1S/C21H26N6O/c22-19-25-20(23)27(21(26-19)11-3-1-4-12-21)17-8-6-9-18(15-17)28-14-10-16-7-2-5-13-24-16/h2,5-9,13,15H,1,3-4,10-12,14H2,(H4,22,23,25,26). The second kappa shape index (κ2) is 7.88. The summed E-state index contributed by atoms with van der Waals surface area (Å²) in [5.74, 6) is 1.44. The zero-order chi connectivity index (χ0) is 19.4. The number of hydrogen-bond acceptors (Lipinski definition) is 7. The Bertz CT molecular complexity index is 873. The lowest BCUT2D eigenvalue weighted by Crippen LogP contribution is -2.58. The van der Waals surface area contributed by atoms with Crippen molar-refractivity contribution in [3.8, 4) is 5.75 Å². The predicted molar refractivity (Wildman–Crippen MR) is 111 cm³/mol. The number of anilines is 1. The first-order valence-electron chi connectivity index (χ1n) is 9.79. The average molecular weight is 378 g/mol. The molecule has 1 aromatic carbocycles. The van der Waals surface area contributed by atoms with Crippen LogP contribution in [0.4, 0.5) is 5.69 Å². The zero-order valence-electron chi connectivity index (χ0n) is 15.9. The second-order valence-corrected chi connectivity index (χ2v) is 7.24. The van der Waals surface area contributed by atoms with Crippen LogP contribution in [-0.4, -0.2) is 29.2 Å². The molecule has 1 spiro atoms. The van der Waals surface area contributed by atoms with E-state index in [-0.39, 0.29) is 5.96 Å². The first kappa shape index (κ1) is 18.3. The molecular formula is C21H26N6O. The maximum absolute atomic E-state index is 6.30. The highest BCUT2D eigenvalue weighted by atomic mass is 16.5. The molecule has 4 N–H and O–H groups in total. The van der Waals surface area contributed by atoms with E-state index in [1.165, 1.54) is 6.42 Å². The van der Waals surface area contributed by atoms with Crippen molar-refractivity contribution in [2.45, 2.75) is 44.2 Å². The Labute approximate surface area is 165 Å². The fourth-order valence-electron chi connectivity index (χ4n) is 4.03. The Morgan fingerprint density at radius 2 is 1.89 bits per heavy atom. The number of benzene rings is 1. The van der Waals surface area contributed by atoms with Gasteiger partial charge in [0.15, 0.2) is 0 Å². The first-order valence-corrected chi connectivity index (χ1v) is 9.79. The van der Waals surface area contributed by atoms with Crippen molar-refractivity contribution in [2.75, 3.05) is 11.5 Å². The Kier molecular flexibility index (Phi) is 5.14. The van der Waals surface area contributed by atoms with Gasteiger partial charge in [0.25, 0.3) is 0 Å². The summed E-state index contributed by atoms with van der Waals surface area (Å²) in [5, 5.41) is 0. The third kappa shape index (κ3) is 3.78. The molecule has 2 heterocycles. The number of guanidine groups is 2. The molecule has 146 valence electrons. The van der Waals surface area contributed by atoms with Gasteiger partial charge in [-0.1, -0.05) is 18.6 Å². The lowest BCUT2D eigenvalue weighted by Gasteiger charge is -2.45. The van der Waals surface area contributed by atoms with Gasteiger partial charge in [0.1, 0.15) is 11.4 Å². The molecule has 2 aromatic rings. The molecule has 0 amide bonds. The topological polar surface area (TPSA) is 102 Å². The number of hydrogen-bond donors (Lipinski definition) is 2. The van der Waals surface area contributed by atoms with Gasteiger partial charge in [-0.2, -0.15) is 4.99 Å². The molecular weight excluding hydrogens is 352 g/mol. The third-order valence-corrected chi connectivity index (χ3v) is 5.28. The van der Waals surface area contributed by atoms with Gasteiger partial charge >= 0.3 is 0 Å². The van der Waals surface area contributed by atoms with Crippen molar-refractivity contribution in [2.24, 2.45) is 21.5 Å². The molecule has 0 unspecified atom stereocenters. The highest BCUT2D eigenvalue weighted by Gasteiger charge is 2.42. The van der Waals surface area contributed by atoms with Crippen LogP contribution < -0.4 is 21.1 Å². The van der Waals surface area contributed by atoms with Gasteiger partial charge in [-0.15, -0.1) is 0 Å². The van der Waals surface area contributed by atoms with Crippen LogP contribution in [0, 0.1) is 0 Å². The monoisotopic (exact) mass is 378 g/mol. The molecule has 1 saturated carbocycles. The van der Waals surface area contributed by atoms with Gasteiger partial charge in [0, 0.05) is 30.1 Å². The van der Waals surface area contributed by atoms with Crippen LogP contribution >= 0.6 is 0 Å². The molecule has 0 bridgehead atoms. The Morgan fingerprint density at radius 3 is 2.68 bits per heavy atom. The molecule has 1 aliphatic carbocycles. The van der Waals surface area contributed by atoms with E-state index in [1.807, 2.05) is 47.4 Å². The van der Waals surface area contributed by atoms with Crippen molar-refractivity contribution in [3.05, 3.63) is 54.4 Å². The maximum atomic E-state index is 6.30. The molecule has 0 saturated heterocycles. The second-order valence-electron chi connectivity index (χ2n) is 7.24. The molecule has 4 rings (SSSR count). The SMILES string of the molecule is NC1=NC2(CCCCC2)N(c2cccc(OCCc3ccccn3)c2)C(N)=N1. The Hall–Kier alpha value is -3.09. The van der Waals surface area contributed by atoms with E-state index in [9.17, 15) is 0 Å². The minimum absolute atomic E-state index is 0.262. The van der Waals surface area contributed by atoms with Crippen LogP contribution in [0.3, 0.4) is 0 Å². The van der Waals surface area contributed by atoms with Crippen LogP contribution in [0.5, 0.6) is 5.75 Å². The van der Waals surface area contributed by atoms with Crippen LogP contribution in [0.25, 0.3) is 0 Å². The fraction of sp³-hybridized carbons (Fsp3) is 0.381. The fourth-order valence-corrected chi connectivity index (χ4v) is 4.03. The lowest BCUT2D eigenvalue weighted by atomic mass is 9.87. The van der Waals surface area contributed by atoms with Crippen LogP contribution in [0.2, 0.25) is 0 Å². The Morgan fingerprint density at radius 1 is 1.04 bits per heavy atom. The minimum Gasteiger partial charge on any atom is -0.493 e. The minimum atomic E-state index is -0.444. The molecule has 1 aromatic heterocycles. The quantitative estimate of drug-likeness (QED) is 0.833. The van der Waals surface area contributed by atoms with Gasteiger partial charge < -0.3 is 16.2 Å². The van der Waals surface area contributed by atoms with E-state index >= 15 is 0 Å². The van der Waals surface area contributed by atoms with Crippen molar-refractivity contribution >= 4 is 17.6 Å². The molecule has 0 radical (unpaired) electrons. The van der Waals surface area contributed by atoms with Gasteiger partial charge in [-0.05, 0) is 49.9 Å². The highest BCUT2D eigenvalue weighted by Crippen LogP contribution is 2.40. The van der Waals surface area contributed by atoms with Crippen molar-refractivity contribution in [3.63, 3.8) is 0 Å². The summed E-state index contributed by atoms with van der Waals surface area (Å²) >= 11 is 0. The number of nitrogens with two attached hydrogens (primary N) is 2. The van der Waals surface area contributed by atoms with E-state index < -0.39 is 5.66 Å². The van der Waals surface area contributed by atoms with Crippen molar-refractivity contribution in [1.29, 1.82) is 0 Å². The van der Waals surface area contributed by atoms with E-state index in [0.29, 0.717) is 12.6 Å². The number of nitrogens with zero attached hydrogens (tertiary/aromatic N) is 4. The smallest absolute Gasteiger partial charge is 0.220 e. The van der Waals surface area contributed by atoms with E-state index in [0.717, 1.165) is 49.2 Å². The van der Waals surface area contributed by atoms with Gasteiger partial charge in [0.05, 0.1) is 6.61 Å². The van der Waals surface area contributed by atoms with E-state index in [2.05, 4.69) is 9.98 Å². The average Bonchev–Trinajstić information content (AvgIpc) is 2.69.